The van der Waals surface area contributed by atoms with Crippen LogP contribution in [-0.4, -0.2) is 59.7 Å². The Balaban J connectivity index is 1.56. The molecule has 1 aliphatic rings. The topological polar surface area (TPSA) is 117 Å². The summed E-state index contributed by atoms with van der Waals surface area (Å²) in [6.45, 7) is 0.807. The van der Waals surface area contributed by atoms with Crippen molar-refractivity contribution in [1.29, 1.82) is 0 Å². The summed E-state index contributed by atoms with van der Waals surface area (Å²) in [6, 6.07) is 8.62. The van der Waals surface area contributed by atoms with Gasteiger partial charge in [0.2, 0.25) is 0 Å². The van der Waals surface area contributed by atoms with Gasteiger partial charge in [0.15, 0.2) is 9.84 Å². The first-order chi connectivity index (χ1) is 16.0. The number of amides is 1. The van der Waals surface area contributed by atoms with Gasteiger partial charge in [-0.2, -0.15) is 5.10 Å². The molecule has 180 valence electrons. The Morgan fingerprint density at radius 3 is 2.62 bits per heavy atom. The third kappa shape index (κ3) is 5.62. The maximum atomic E-state index is 12.8. The van der Waals surface area contributed by atoms with E-state index in [0.717, 1.165) is 0 Å². The Hall–Kier alpha value is -3.25. The first-order valence-corrected chi connectivity index (χ1v) is 12.4. The van der Waals surface area contributed by atoms with Crippen LogP contribution in [0.25, 0.3) is 11.3 Å². The molecule has 0 aliphatic carbocycles. The average Bonchev–Trinajstić information content (AvgIpc) is 3.46. The van der Waals surface area contributed by atoms with Crippen LogP contribution < -0.4 is 15.0 Å². The predicted octanol–water partition coefficient (Wildman–Crippen LogP) is 3.52. The molecular weight excluding hydrogens is 492 g/mol. The molecule has 1 aliphatic heterocycles. The standard InChI is InChI=1S/C21H20ClF2N5O4S/c1-34(31,32)16-7-9-29(12-16)19-17(18-6-8-26-28-18)10-13(11-25-19)20(30)27-14-2-4-15(5-3-14)33-21(22,23)24/h2-6,8,10-11,16H,7,9,12H2,1H3,(H,26,28)(H,27,30). The van der Waals surface area contributed by atoms with E-state index in [1.165, 1.54) is 36.7 Å². The van der Waals surface area contributed by atoms with Crippen molar-refractivity contribution in [2.24, 2.45) is 0 Å². The molecule has 1 atom stereocenters. The Labute approximate surface area is 199 Å². The van der Waals surface area contributed by atoms with Crippen LogP contribution in [0.15, 0.2) is 48.8 Å². The molecule has 1 amide bonds. The molecule has 1 saturated heterocycles. The molecule has 34 heavy (non-hydrogen) atoms. The minimum atomic E-state index is -3.84. The summed E-state index contributed by atoms with van der Waals surface area (Å²) < 4.78 is 53.7. The van der Waals surface area contributed by atoms with Crippen molar-refractivity contribution in [3.63, 3.8) is 0 Å². The van der Waals surface area contributed by atoms with Gasteiger partial charge in [-0.15, -0.1) is 8.78 Å². The lowest BCUT2D eigenvalue weighted by atomic mass is 10.1. The van der Waals surface area contributed by atoms with Gasteiger partial charge >= 0.3 is 5.57 Å². The Bertz CT molecular complexity index is 1280. The minimum Gasteiger partial charge on any atom is -0.420 e. The molecule has 13 heteroatoms. The second-order valence-corrected chi connectivity index (χ2v) is 10.5. The molecule has 0 bridgehead atoms. The van der Waals surface area contributed by atoms with Crippen LogP contribution in [0.3, 0.4) is 0 Å². The molecule has 1 unspecified atom stereocenters. The van der Waals surface area contributed by atoms with Crippen molar-refractivity contribution < 1.29 is 26.7 Å². The molecule has 3 aromatic rings. The van der Waals surface area contributed by atoms with Crippen LogP contribution in [-0.2, 0) is 9.84 Å². The van der Waals surface area contributed by atoms with Crippen molar-refractivity contribution in [2.45, 2.75) is 17.2 Å². The highest BCUT2D eigenvalue weighted by atomic mass is 35.5. The number of rotatable bonds is 7. The minimum absolute atomic E-state index is 0.163. The van der Waals surface area contributed by atoms with E-state index < -0.39 is 26.6 Å². The molecule has 1 aromatic carbocycles. The lowest BCUT2D eigenvalue weighted by Crippen LogP contribution is -2.27. The first kappa shape index (κ1) is 23.9. The Morgan fingerprint density at radius 2 is 2.03 bits per heavy atom. The smallest absolute Gasteiger partial charge is 0.420 e. The number of pyridine rings is 1. The molecule has 0 saturated carbocycles. The van der Waals surface area contributed by atoms with Crippen LogP contribution in [0.5, 0.6) is 5.75 Å². The number of anilines is 2. The highest BCUT2D eigenvalue weighted by Gasteiger charge is 2.32. The molecule has 2 aromatic heterocycles. The molecule has 2 N–H and O–H groups in total. The van der Waals surface area contributed by atoms with Crippen LogP contribution >= 0.6 is 11.6 Å². The molecule has 3 heterocycles. The maximum Gasteiger partial charge on any atom is 0.487 e. The fraction of sp³-hybridized carbons (Fsp3) is 0.286. The van der Waals surface area contributed by atoms with Crippen LogP contribution in [0.1, 0.15) is 16.8 Å². The number of ether oxygens (including phenoxy) is 1. The summed E-state index contributed by atoms with van der Waals surface area (Å²) in [4.78, 5) is 19.1. The van der Waals surface area contributed by atoms with Crippen LogP contribution in [0.2, 0.25) is 0 Å². The second-order valence-electron chi connectivity index (χ2n) is 7.78. The summed E-state index contributed by atoms with van der Waals surface area (Å²) in [5.41, 5.74) is -2.05. The van der Waals surface area contributed by atoms with Crippen LogP contribution in [0.4, 0.5) is 20.3 Å². The lowest BCUT2D eigenvalue weighted by molar-refractivity contribution is -0.0964. The number of hydrogen-bond acceptors (Lipinski definition) is 7. The van der Waals surface area contributed by atoms with Gasteiger partial charge in [-0.3, -0.25) is 9.89 Å². The number of nitrogens with one attached hydrogen (secondary N) is 2. The molecule has 0 radical (unpaired) electrons. The van der Waals surface area contributed by atoms with E-state index in [1.807, 2.05) is 4.90 Å². The van der Waals surface area contributed by atoms with Crippen molar-refractivity contribution in [3.05, 3.63) is 54.4 Å². The molecular formula is C21H20ClF2N5O4S. The van der Waals surface area contributed by atoms with Gasteiger partial charge < -0.3 is 15.0 Å². The van der Waals surface area contributed by atoms with Crippen molar-refractivity contribution >= 4 is 38.9 Å². The summed E-state index contributed by atoms with van der Waals surface area (Å²) >= 11 is 4.75. The largest absolute Gasteiger partial charge is 0.487 e. The third-order valence-corrected chi connectivity index (χ3v) is 6.99. The van der Waals surface area contributed by atoms with Gasteiger partial charge in [-0.25, -0.2) is 13.4 Å². The quantitative estimate of drug-likeness (QED) is 0.466. The van der Waals surface area contributed by atoms with Gasteiger partial charge in [0.25, 0.3) is 5.91 Å². The summed E-state index contributed by atoms with van der Waals surface area (Å²) in [7, 11) is -3.19. The highest BCUT2D eigenvalue weighted by molar-refractivity contribution is 7.91. The summed E-state index contributed by atoms with van der Waals surface area (Å²) in [5.74, 6) is -0.106. The van der Waals surface area contributed by atoms with E-state index in [-0.39, 0.29) is 11.3 Å². The molecule has 1 fully saturated rings. The number of carbonyl (C=O) groups is 1. The number of H-pyrrole nitrogens is 1. The van der Waals surface area contributed by atoms with E-state index in [1.54, 1.807) is 18.3 Å². The van der Waals surface area contributed by atoms with Crippen molar-refractivity contribution in [3.8, 4) is 17.0 Å². The number of benzene rings is 1. The fourth-order valence-corrected chi connectivity index (χ4v) is 4.72. The number of sulfone groups is 1. The van der Waals surface area contributed by atoms with Gasteiger partial charge in [-0.1, -0.05) is 0 Å². The number of halogens is 3. The third-order valence-electron chi connectivity index (χ3n) is 5.32. The zero-order valence-electron chi connectivity index (χ0n) is 17.8. The van der Waals surface area contributed by atoms with E-state index in [4.69, 9.17) is 11.6 Å². The Morgan fingerprint density at radius 1 is 1.29 bits per heavy atom. The average molecular weight is 512 g/mol. The first-order valence-electron chi connectivity index (χ1n) is 10.1. The van der Waals surface area contributed by atoms with E-state index in [0.29, 0.717) is 42.3 Å². The second kappa shape index (κ2) is 9.18. The molecule has 0 spiro atoms. The van der Waals surface area contributed by atoms with Crippen molar-refractivity contribution in [2.75, 3.05) is 29.6 Å². The molecule has 4 rings (SSSR count). The van der Waals surface area contributed by atoms with Gasteiger partial charge in [0.05, 0.1) is 16.5 Å². The maximum absolute atomic E-state index is 12.8. The SMILES string of the molecule is CS(=O)(=O)C1CCN(c2ncc(C(=O)Nc3ccc(OC(F)(F)Cl)cc3)cc2-c2ccn[nH]2)C1. The normalized spacial score (nSPS) is 16.5. The van der Waals surface area contributed by atoms with Gasteiger partial charge in [0, 0.05) is 54.6 Å². The van der Waals surface area contributed by atoms with Gasteiger partial charge in [-0.05, 0) is 42.8 Å². The number of hydrogen-bond donors (Lipinski definition) is 2. The van der Waals surface area contributed by atoms with E-state index in [2.05, 4.69) is 25.2 Å². The van der Waals surface area contributed by atoms with E-state index >= 15 is 0 Å². The number of aromatic amines is 1. The number of nitrogens with zero attached hydrogens (tertiary/aromatic N) is 3. The highest BCUT2D eigenvalue weighted by Crippen LogP contribution is 2.32. The number of aromatic nitrogens is 3. The molecule has 9 nitrogen and oxygen atoms in total. The monoisotopic (exact) mass is 511 g/mol. The van der Waals surface area contributed by atoms with E-state index in [9.17, 15) is 22.0 Å². The fourth-order valence-electron chi connectivity index (χ4n) is 3.65. The van der Waals surface area contributed by atoms with Crippen LogP contribution in [0, 0.1) is 0 Å². The van der Waals surface area contributed by atoms with Crippen molar-refractivity contribution in [1.82, 2.24) is 15.2 Å². The summed E-state index contributed by atoms with van der Waals surface area (Å²) in [6.07, 6.45) is 4.66. The zero-order valence-corrected chi connectivity index (χ0v) is 19.4. The zero-order chi connectivity index (χ0) is 24.5. The summed E-state index contributed by atoms with van der Waals surface area (Å²) in [5, 5.41) is 8.98. The van der Waals surface area contributed by atoms with Gasteiger partial charge in [0.1, 0.15) is 11.6 Å². The Kier molecular flexibility index (Phi) is 6.45. The number of alkyl halides is 3. The number of carbonyl (C=O) groups excluding carboxylic acids is 1. The lowest BCUT2D eigenvalue weighted by Gasteiger charge is -2.21. The predicted molar refractivity (Wildman–Crippen MR) is 123 cm³/mol.